The Bertz CT molecular complexity index is 885. The Hall–Kier alpha value is -1.63. The number of aromatic nitrogens is 1. The number of amides is 1. The second-order valence-corrected chi connectivity index (χ2v) is 11.3. The Labute approximate surface area is 196 Å². The molecular weight excluding hydrogens is 430 g/mol. The Morgan fingerprint density at radius 2 is 1.55 bits per heavy atom. The molecule has 3 rings (SSSR count). The van der Waals surface area contributed by atoms with E-state index in [-0.39, 0.29) is 29.1 Å². The molecule has 0 aliphatic carbocycles. The van der Waals surface area contributed by atoms with Crippen molar-refractivity contribution in [1.29, 1.82) is 0 Å². The Kier molecular flexibility index (Phi) is 7.83. The number of piperazine rings is 1. The van der Waals surface area contributed by atoms with E-state index < -0.39 is 0 Å². The van der Waals surface area contributed by atoms with E-state index in [1.807, 2.05) is 4.90 Å². The molecule has 0 unspecified atom stereocenters. The maximum Gasteiger partial charge on any atom is 0.219 e. The second-order valence-electron chi connectivity index (χ2n) is 10.3. The fourth-order valence-corrected chi connectivity index (χ4v) is 4.70. The molecule has 0 spiro atoms. The van der Waals surface area contributed by atoms with E-state index in [0.29, 0.717) is 5.75 Å². The molecular formula is C24H36ClN3O2S. The number of carbonyl (C=O) groups excluding carboxylic acids is 1. The average molecular weight is 466 g/mol. The first kappa shape index (κ1) is 25.6. The van der Waals surface area contributed by atoms with Crippen LogP contribution in [0.5, 0.6) is 5.75 Å². The first-order valence-corrected chi connectivity index (χ1v) is 11.5. The van der Waals surface area contributed by atoms with Crippen molar-refractivity contribution in [2.75, 3.05) is 26.2 Å². The number of halogens is 1. The number of hydrogen-bond donors (Lipinski definition) is 1. The summed E-state index contributed by atoms with van der Waals surface area (Å²) in [7, 11) is 0. The number of nitrogens with zero attached hydrogens (tertiary/aromatic N) is 3. The first-order chi connectivity index (χ1) is 13.9. The lowest BCUT2D eigenvalue weighted by atomic mass is 9.78. The van der Waals surface area contributed by atoms with E-state index in [9.17, 15) is 9.90 Å². The van der Waals surface area contributed by atoms with Gasteiger partial charge in [0.15, 0.2) is 0 Å². The summed E-state index contributed by atoms with van der Waals surface area (Å²) >= 11 is 1.68. The molecule has 31 heavy (non-hydrogen) atoms. The molecule has 1 amide bonds. The van der Waals surface area contributed by atoms with Gasteiger partial charge in [0, 0.05) is 55.2 Å². The highest BCUT2D eigenvalue weighted by Crippen LogP contribution is 2.42. The molecule has 1 aromatic heterocycles. The van der Waals surface area contributed by atoms with Crippen molar-refractivity contribution in [1.82, 2.24) is 14.8 Å². The third-order valence-corrected chi connectivity index (χ3v) is 6.58. The lowest BCUT2D eigenvalue weighted by molar-refractivity contribution is -0.130. The molecule has 7 heteroatoms. The predicted molar refractivity (Wildman–Crippen MR) is 131 cm³/mol. The number of benzene rings is 1. The zero-order valence-electron chi connectivity index (χ0n) is 19.8. The molecule has 2 aromatic rings. The summed E-state index contributed by atoms with van der Waals surface area (Å²) in [6.07, 6.45) is 0. The second kappa shape index (κ2) is 9.47. The average Bonchev–Trinajstić information content (AvgIpc) is 3.09. The van der Waals surface area contributed by atoms with Crippen molar-refractivity contribution in [2.24, 2.45) is 0 Å². The third kappa shape index (κ3) is 5.99. The van der Waals surface area contributed by atoms with Crippen LogP contribution in [0.25, 0.3) is 11.3 Å². The van der Waals surface area contributed by atoms with Gasteiger partial charge >= 0.3 is 0 Å². The lowest BCUT2D eigenvalue weighted by Crippen LogP contribution is -2.47. The van der Waals surface area contributed by atoms with Crippen LogP contribution < -0.4 is 0 Å². The topological polar surface area (TPSA) is 56.7 Å². The summed E-state index contributed by atoms with van der Waals surface area (Å²) in [5.74, 6) is 0.556. The van der Waals surface area contributed by atoms with Crippen molar-refractivity contribution in [3.8, 4) is 17.0 Å². The van der Waals surface area contributed by atoms with Gasteiger partial charge in [0.25, 0.3) is 0 Å². The van der Waals surface area contributed by atoms with Gasteiger partial charge in [-0.1, -0.05) is 41.5 Å². The fourth-order valence-electron chi connectivity index (χ4n) is 3.85. The van der Waals surface area contributed by atoms with Crippen LogP contribution in [0.2, 0.25) is 0 Å². The molecule has 5 nitrogen and oxygen atoms in total. The summed E-state index contributed by atoms with van der Waals surface area (Å²) in [6, 6.07) is 4.18. The van der Waals surface area contributed by atoms with Crippen molar-refractivity contribution in [2.45, 2.75) is 65.8 Å². The van der Waals surface area contributed by atoms with Crippen molar-refractivity contribution >= 4 is 29.7 Å². The van der Waals surface area contributed by atoms with Gasteiger partial charge in [-0.3, -0.25) is 9.69 Å². The minimum absolute atomic E-state index is 0. The fraction of sp³-hybridized carbons (Fsp3) is 0.583. The van der Waals surface area contributed by atoms with Crippen LogP contribution in [0.3, 0.4) is 0 Å². The summed E-state index contributed by atoms with van der Waals surface area (Å²) in [5.41, 5.74) is 3.63. The van der Waals surface area contributed by atoms with Gasteiger partial charge in [-0.2, -0.15) is 0 Å². The number of rotatable bonds is 3. The van der Waals surface area contributed by atoms with E-state index in [0.717, 1.165) is 60.1 Å². The Morgan fingerprint density at radius 1 is 1.03 bits per heavy atom. The van der Waals surface area contributed by atoms with E-state index >= 15 is 0 Å². The van der Waals surface area contributed by atoms with Crippen molar-refractivity contribution < 1.29 is 9.90 Å². The molecule has 0 atom stereocenters. The third-order valence-electron chi connectivity index (χ3n) is 5.75. The van der Waals surface area contributed by atoms with Crippen LogP contribution in [0.1, 0.15) is 64.6 Å². The predicted octanol–water partition coefficient (Wildman–Crippen LogP) is 5.20. The summed E-state index contributed by atoms with van der Waals surface area (Å²) < 4.78 is 0. The molecule has 1 aliphatic rings. The van der Waals surface area contributed by atoms with Crippen LogP contribution >= 0.6 is 23.7 Å². The van der Waals surface area contributed by atoms with Gasteiger partial charge in [0.2, 0.25) is 5.91 Å². The zero-order chi connectivity index (χ0) is 22.3. The van der Waals surface area contributed by atoms with Crippen LogP contribution in [-0.4, -0.2) is 52.0 Å². The number of aromatic hydroxyl groups is 1. The smallest absolute Gasteiger partial charge is 0.219 e. The molecule has 1 aromatic carbocycles. The van der Waals surface area contributed by atoms with Crippen LogP contribution in [0.15, 0.2) is 17.5 Å². The molecule has 172 valence electrons. The van der Waals surface area contributed by atoms with E-state index in [4.69, 9.17) is 4.98 Å². The zero-order valence-corrected chi connectivity index (χ0v) is 21.4. The minimum Gasteiger partial charge on any atom is -0.507 e. The largest absolute Gasteiger partial charge is 0.507 e. The number of carbonyl (C=O) groups is 1. The van der Waals surface area contributed by atoms with Crippen LogP contribution in [0.4, 0.5) is 0 Å². The number of phenols is 1. The normalized spacial score (nSPS) is 15.6. The number of thiazole rings is 1. The maximum absolute atomic E-state index is 11.5. The van der Waals surface area contributed by atoms with Crippen molar-refractivity contribution in [3.63, 3.8) is 0 Å². The van der Waals surface area contributed by atoms with Crippen molar-refractivity contribution in [3.05, 3.63) is 33.6 Å². The monoisotopic (exact) mass is 465 g/mol. The first-order valence-electron chi connectivity index (χ1n) is 10.7. The maximum atomic E-state index is 11.5. The van der Waals surface area contributed by atoms with E-state index in [1.165, 1.54) is 0 Å². The number of phenolic OH excluding ortho intramolecular Hbond substituents is 1. The summed E-state index contributed by atoms with van der Waals surface area (Å²) in [6.45, 7) is 18.6. The molecule has 1 aliphatic heterocycles. The highest BCUT2D eigenvalue weighted by Gasteiger charge is 2.27. The van der Waals surface area contributed by atoms with Gasteiger partial charge in [-0.15, -0.1) is 23.7 Å². The molecule has 2 heterocycles. The molecule has 1 fully saturated rings. The number of hydrogen-bond acceptors (Lipinski definition) is 5. The Morgan fingerprint density at radius 3 is 2.00 bits per heavy atom. The van der Waals surface area contributed by atoms with Gasteiger partial charge in [0.1, 0.15) is 10.8 Å². The van der Waals surface area contributed by atoms with Gasteiger partial charge in [-0.25, -0.2) is 4.98 Å². The highest BCUT2D eigenvalue weighted by molar-refractivity contribution is 7.09. The van der Waals surface area contributed by atoms with Crippen LogP contribution in [0, 0.1) is 0 Å². The van der Waals surface area contributed by atoms with Crippen LogP contribution in [-0.2, 0) is 22.2 Å². The van der Waals surface area contributed by atoms with E-state index in [2.05, 4.69) is 64.0 Å². The molecule has 0 bridgehead atoms. The minimum atomic E-state index is -0.157. The molecule has 0 saturated carbocycles. The standard InChI is InChI=1S/C24H35N3O2S.ClH/c1-16(28)27-10-8-26(9-11-27)14-21-25-20(15-30-21)17-12-18(23(2,3)4)22(29)19(13-17)24(5,6)7;/h12-13,15,29H,8-11,14H2,1-7H3;1H. The molecule has 0 radical (unpaired) electrons. The van der Waals surface area contributed by atoms with Gasteiger partial charge in [0.05, 0.1) is 12.2 Å². The van der Waals surface area contributed by atoms with Gasteiger partial charge < -0.3 is 10.0 Å². The molecule has 1 saturated heterocycles. The molecule has 1 N–H and O–H groups in total. The summed E-state index contributed by atoms with van der Waals surface area (Å²) in [5, 5.41) is 14.2. The highest BCUT2D eigenvalue weighted by atomic mass is 35.5. The lowest BCUT2D eigenvalue weighted by Gasteiger charge is -2.33. The SMILES string of the molecule is CC(=O)N1CCN(Cc2nc(-c3cc(C(C)(C)C)c(O)c(C(C)(C)C)c3)cs2)CC1.Cl. The quantitative estimate of drug-likeness (QED) is 0.677. The Balaban J connectivity index is 0.00000341. The summed E-state index contributed by atoms with van der Waals surface area (Å²) in [4.78, 5) is 20.7. The van der Waals surface area contributed by atoms with E-state index in [1.54, 1.807) is 18.3 Å². The van der Waals surface area contributed by atoms with Gasteiger partial charge in [-0.05, 0) is 23.0 Å².